The van der Waals surface area contributed by atoms with Crippen LogP contribution in [0.15, 0.2) is 27.6 Å². The van der Waals surface area contributed by atoms with Crippen LogP contribution in [0, 0.1) is 0 Å². The highest BCUT2D eigenvalue weighted by atomic mass is 79.9. The Balaban J connectivity index is 2.33. The van der Waals surface area contributed by atoms with Crippen LogP contribution in [0.3, 0.4) is 0 Å². The molecule has 2 rings (SSSR count). The molecule has 1 aromatic rings. The molecule has 0 bridgehead atoms. The Bertz CT molecular complexity index is 597. The summed E-state index contributed by atoms with van der Waals surface area (Å²) < 4.78 is 33.9. The number of benzene rings is 1. The molecule has 22 heavy (non-hydrogen) atoms. The second-order valence-electron chi connectivity index (χ2n) is 5.53. The zero-order chi connectivity index (χ0) is 16.2. The maximum atomic E-state index is 13.0. The minimum atomic E-state index is -3.48. The molecule has 1 aliphatic carbocycles. The second-order valence-corrected chi connectivity index (χ2v) is 8.27. The van der Waals surface area contributed by atoms with Crippen molar-refractivity contribution in [3.63, 3.8) is 0 Å². The fourth-order valence-electron chi connectivity index (χ4n) is 3.04. The number of ether oxygens (including phenoxy) is 1. The summed E-state index contributed by atoms with van der Waals surface area (Å²) in [5.74, 6) is 0.572. The molecule has 1 aliphatic rings. The van der Waals surface area contributed by atoms with Gasteiger partial charge in [-0.15, -0.1) is 0 Å². The zero-order valence-corrected chi connectivity index (χ0v) is 15.6. The quantitative estimate of drug-likeness (QED) is 0.732. The van der Waals surface area contributed by atoms with Crippen molar-refractivity contribution in [3.8, 4) is 5.75 Å². The van der Waals surface area contributed by atoms with Crippen LogP contribution in [0.2, 0.25) is 0 Å². The number of hydrogen-bond donors (Lipinski definition) is 0. The summed E-state index contributed by atoms with van der Waals surface area (Å²) in [5, 5.41) is 0. The molecule has 0 spiro atoms. The van der Waals surface area contributed by atoms with Gasteiger partial charge < -0.3 is 4.74 Å². The summed E-state index contributed by atoms with van der Waals surface area (Å²) in [4.78, 5) is 0.312. The van der Waals surface area contributed by atoms with Gasteiger partial charge in [0.25, 0.3) is 0 Å². The van der Waals surface area contributed by atoms with Crippen molar-refractivity contribution in [2.45, 2.75) is 56.9 Å². The van der Waals surface area contributed by atoms with E-state index in [4.69, 9.17) is 4.74 Å². The molecule has 0 heterocycles. The smallest absolute Gasteiger partial charge is 0.243 e. The monoisotopic (exact) mass is 389 g/mol. The lowest BCUT2D eigenvalue weighted by atomic mass is 9.95. The molecule has 0 amide bonds. The first-order valence-corrected chi connectivity index (χ1v) is 10.2. The highest BCUT2D eigenvalue weighted by molar-refractivity contribution is 9.10. The molecule has 0 aliphatic heterocycles. The van der Waals surface area contributed by atoms with Crippen molar-refractivity contribution in [1.82, 2.24) is 4.31 Å². The van der Waals surface area contributed by atoms with Crippen molar-refractivity contribution >= 4 is 26.0 Å². The van der Waals surface area contributed by atoms with E-state index >= 15 is 0 Å². The minimum Gasteiger partial charge on any atom is -0.493 e. The van der Waals surface area contributed by atoms with Gasteiger partial charge in [0.15, 0.2) is 0 Å². The fourth-order valence-corrected chi connectivity index (χ4v) is 5.11. The van der Waals surface area contributed by atoms with E-state index in [0.29, 0.717) is 23.8 Å². The van der Waals surface area contributed by atoms with Crippen molar-refractivity contribution in [2.24, 2.45) is 0 Å². The molecule has 0 aromatic heterocycles. The fraction of sp³-hybridized carbons (Fsp3) is 0.625. The van der Waals surface area contributed by atoms with Gasteiger partial charge >= 0.3 is 0 Å². The Kier molecular flexibility index (Phi) is 6.29. The van der Waals surface area contributed by atoms with Gasteiger partial charge in [0.05, 0.1) is 16.0 Å². The van der Waals surface area contributed by atoms with E-state index in [1.807, 2.05) is 13.8 Å². The van der Waals surface area contributed by atoms with E-state index in [0.717, 1.165) is 30.2 Å². The topological polar surface area (TPSA) is 46.6 Å². The van der Waals surface area contributed by atoms with Gasteiger partial charge in [0.2, 0.25) is 10.0 Å². The van der Waals surface area contributed by atoms with Gasteiger partial charge in [-0.3, -0.25) is 0 Å². The number of nitrogens with zero attached hydrogens (tertiary/aromatic N) is 1. The molecule has 0 atom stereocenters. The Labute approximate surface area is 142 Å². The van der Waals surface area contributed by atoms with Crippen LogP contribution in [-0.4, -0.2) is 31.9 Å². The number of rotatable bonds is 6. The molecule has 0 unspecified atom stereocenters. The third-order valence-corrected chi connectivity index (χ3v) is 6.78. The summed E-state index contributed by atoms with van der Waals surface area (Å²) >= 11 is 3.40. The molecule has 0 radical (unpaired) electrons. The number of sulfonamides is 1. The molecule has 1 fully saturated rings. The summed E-state index contributed by atoms with van der Waals surface area (Å²) in [6.45, 7) is 4.80. The van der Waals surface area contributed by atoms with E-state index in [1.54, 1.807) is 22.5 Å². The van der Waals surface area contributed by atoms with Crippen LogP contribution in [0.25, 0.3) is 0 Å². The van der Waals surface area contributed by atoms with Crippen LogP contribution in [0.4, 0.5) is 0 Å². The highest BCUT2D eigenvalue weighted by Crippen LogP contribution is 2.32. The summed E-state index contributed by atoms with van der Waals surface area (Å²) in [6.07, 6.45) is 5.35. The van der Waals surface area contributed by atoms with E-state index in [1.165, 1.54) is 6.42 Å². The van der Waals surface area contributed by atoms with Gasteiger partial charge in [-0.2, -0.15) is 4.31 Å². The average Bonchev–Trinajstić information content (AvgIpc) is 2.51. The highest BCUT2D eigenvalue weighted by Gasteiger charge is 2.31. The Morgan fingerprint density at radius 3 is 2.50 bits per heavy atom. The molecule has 6 heteroatoms. The lowest BCUT2D eigenvalue weighted by Gasteiger charge is -2.32. The Morgan fingerprint density at radius 2 is 1.91 bits per heavy atom. The third kappa shape index (κ3) is 3.84. The van der Waals surface area contributed by atoms with Crippen molar-refractivity contribution in [3.05, 3.63) is 22.7 Å². The van der Waals surface area contributed by atoms with Gasteiger partial charge in [0, 0.05) is 18.7 Å². The molecule has 0 saturated heterocycles. The summed E-state index contributed by atoms with van der Waals surface area (Å²) in [6, 6.07) is 5.14. The predicted octanol–water partition coefficient (Wildman–Crippen LogP) is 4.19. The predicted molar refractivity (Wildman–Crippen MR) is 91.7 cm³/mol. The average molecular weight is 390 g/mol. The van der Waals surface area contributed by atoms with Crippen LogP contribution < -0.4 is 4.74 Å². The van der Waals surface area contributed by atoms with Crippen molar-refractivity contribution in [1.29, 1.82) is 0 Å². The first kappa shape index (κ1) is 17.8. The minimum absolute atomic E-state index is 0.128. The lowest BCUT2D eigenvalue weighted by molar-refractivity contribution is 0.261. The normalized spacial score (nSPS) is 16.9. The maximum Gasteiger partial charge on any atom is 0.243 e. The molecule has 4 nitrogen and oxygen atoms in total. The van der Waals surface area contributed by atoms with Crippen LogP contribution in [0.5, 0.6) is 5.75 Å². The number of hydrogen-bond acceptors (Lipinski definition) is 3. The summed E-state index contributed by atoms with van der Waals surface area (Å²) in [5.41, 5.74) is 0. The Morgan fingerprint density at radius 1 is 1.23 bits per heavy atom. The van der Waals surface area contributed by atoms with E-state index < -0.39 is 10.0 Å². The van der Waals surface area contributed by atoms with Crippen LogP contribution in [0.1, 0.15) is 46.0 Å². The van der Waals surface area contributed by atoms with Gasteiger partial charge in [-0.05, 0) is 47.8 Å². The largest absolute Gasteiger partial charge is 0.493 e. The Hall–Kier alpha value is -0.590. The molecule has 1 saturated carbocycles. The molecule has 1 aromatic carbocycles. The third-order valence-electron chi connectivity index (χ3n) is 4.10. The molecule has 0 N–H and O–H groups in total. The zero-order valence-electron chi connectivity index (χ0n) is 13.2. The van der Waals surface area contributed by atoms with E-state index in [-0.39, 0.29) is 6.04 Å². The molecular weight excluding hydrogens is 366 g/mol. The van der Waals surface area contributed by atoms with E-state index in [2.05, 4.69) is 15.9 Å². The lowest BCUT2D eigenvalue weighted by Crippen LogP contribution is -2.41. The molecule has 124 valence electrons. The number of halogens is 1. The van der Waals surface area contributed by atoms with Gasteiger partial charge in [0.1, 0.15) is 5.75 Å². The van der Waals surface area contributed by atoms with Gasteiger partial charge in [-0.25, -0.2) is 8.42 Å². The standard InChI is InChI=1S/C16H24BrNO3S/c1-3-18(13-8-6-5-7-9-13)22(19,20)14-10-11-15(17)16(12-14)21-4-2/h10-13H,3-9H2,1-2H3. The van der Waals surface area contributed by atoms with Crippen LogP contribution in [-0.2, 0) is 10.0 Å². The van der Waals surface area contributed by atoms with Crippen molar-refractivity contribution < 1.29 is 13.2 Å². The van der Waals surface area contributed by atoms with Crippen LogP contribution >= 0.6 is 15.9 Å². The van der Waals surface area contributed by atoms with E-state index in [9.17, 15) is 8.42 Å². The van der Waals surface area contributed by atoms with Gasteiger partial charge in [-0.1, -0.05) is 26.2 Å². The first-order valence-electron chi connectivity index (χ1n) is 7.94. The summed E-state index contributed by atoms with van der Waals surface area (Å²) in [7, 11) is -3.48. The van der Waals surface area contributed by atoms with Crippen molar-refractivity contribution in [2.75, 3.05) is 13.2 Å². The first-order chi connectivity index (χ1) is 10.5. The second kappa shape index (κ2) is 7.79. The maximum absolute atomic E-state index is 13.0. The SMILES string of the molecule is CCOc1cc(S(=O)(=O)N(CC)C2CCCCC2)ccc1Br. The molecular formula is C16H24BrNO3S.